The number of pyridine rings is 1. The second-order valence-electron chi connectivity index (χ2n) is 13.7. The number of allylic oxidation sites excluding steroid dienone is 2. The van der Waals surface area contributed by atoms with E-state index in [9.17, 15) is 24.0 Å². The molecule has 0 saturated carbocycles. The Hall–Kier alpha value is -7.46. The first-order valence-electron chi connectivity index (χ1n) is 19.2. The lowest BCUT2D eigenvalue weighted by Crippen LogP contribution is -2.41. The van der Waals surface area contributed by atoms with E-state index in [4.69, 9.17) is 30.1 Å². The first kappa shape index (κ1) is 43.1. The highest BCUT2D eigenvalue weighted by atomic mass is 16.5. The highest BCUT2D eigenvalue weighted by molar-refractivity contribution is 6.05. The van der Waals surface area contributed by atoms with Gasteiger partial charge in [-0.1, -0.05) is 26.0 Å². The maximum Gasteiger partial charge on any atom is 0.295 e. The molecule has 22 heteroatoms. The van der Waals surface area contributed by atoms with Crippen LogP contribution in [0.25, 0.3) is 22.2 Å². The Morgan fingerprint density at radius 1 is 0.820 bits per heavy atom. The largest absolute Gasteiger partial charge is 0.491 e. The number of hydrogen-bond donors (Lipinski definition) is 6. The van der Waals surface area contributed by atoms with E-state index in [0.717, 1.165) is 0 Å². The molecule has 0 radical (unpaired) electrons. The SMILES string of the molecule is CCc1nc(C)oc1C(=O)Nc1nc2cc(C(N)=O)cnc2n1C/C=C/Cn1c(NC(=O)c2oc(C)nc2CC)nc2cc(C(N)=O)cc(OCCCN(C)NC(=O)CO)c21. The van der Waals surface area contributed by atoms with Gasteiger partial charge in [0, 0.05) is 52.3 Å². The summed E-state index contributed by atoms with van der Waals surface area (Å²) in [5.41, 5.74) is 16.2. The summed E-state index contributed by atoms with van der Waals surface area (Å²) in [5.74, 6) is -2.11. The molecule has 6 aromatic rings. The van der Waals surface area contributed by atoms with Crippen molar-refractivity contribution in [2.45, 2.75) is 60.0 Å². The van der Waals surface area contributed by atoms with E-state index in [1.807, 2.05) is 13.8 Å². The van der Waals surface area contributed by atoms with Crippen molar-refractivity contribution in [1.82, 2.24) is 44.5 Å². The summed E-state index contributed by atoms with van der Waals surface area (Å²) in [4.78, 5) is 85.3. The second kappa shape index (κ2) is 18.6. The van der Waals surface area contributed by atoms with Crippen LogP contribution < -0.4 is 32.3 Å². The molecule has 5 amide bonds. The summed E-state index contributed by atoms with van der Waals surface area (Å²) in [6.07, 6.45) is 6.13. The number of aliphatic hydroxyl groups excluding tert-OH is 1. The van der Waals surface area contributed by atoms with E-state index < -0.39 is 36.1 Å². The maximum absolute atomic E-state index is 13.7. The lowest BCUT2D eigenvalue weighted by molar-refractivity contribution is -0.128. The molecule has 61 heavy (non-hydrogen) atoms. The van der Waals surface area contributed by atoms with E-state index in [-0.39, 0.29) is 71.0 Å². The van der Waals surface area contributed by atoms with Crippen LogP contribution in [-0.4, -0.2) is 101 Å². The minimum atomic E-state index is -0.737. The number of carbonyl (C=O) groups is 5. The fourth-order valence-electron chi connectivity index (χ4n) is 6.41. The zero-order valence-corrected chi connectivity index (χ0v) is 34.1. The fourth-order valence-corrected chi connectivity index (χ4v) is 6.41. The van der Waals surface area contributed by atoms with Crippen molar-refractivity contribution in [3.63, 3.8) is 0 Å². The molecule has 0 aliphatic rings. The summed E-state index contributed by atoms with van der Waals surface area (Å²) < 4.78 is 20.7. The lowest BCUT2D eigenvalue weighted by atomic mass is 10.1. The van der Waals surface area contributed by atoms with Gasteiger partial charge in [-0.25, -0.2) is 29.9 Å². The van der Waals surface area contributed by atoms with Crippen molar-refractivity contribution in [3.05, 3.63) is 82.4 Å². The van der Waals surface area contributed by atoms with Crippen molar-refractivity contribution < 1.29 is 42.7 Å². The third-order valence-electron chi connectivity index (χ3n) is 9.20. The molecular formula is C39H45N13O9. The predicted octanol–water partition coefficient (Wildman–Crippen LogP) is 2.18. The van der Waals surface area contributed by atoms with Gasteiger partial charge in [0.05, 0.1) is 29.1 Å². The molecule has 8 N–H and O–H groups in total. The summed E-state index contributed by atoms with van der Waals surface area (Å²) in [7, 11) is 1.63. The Kier molecular flexibility index (Phi) is 13.2. The van der Waals surface area contributed by atoms with Crippen LogP contribution in [0.4, 0.5) is 11.9 Å². The maximum atomic E-state index is 13.7. The van der Waals surface area contributed by atoms with Crippen molar-refractivity contribution >= 4 is 63.6 Å². The predicted molar refractivity (Wildman–Crippen MR) is 219 cm³/mol. The van der Waals surface area contributed by atoms with Crippen molar-refractivity contribution in [3.8, 4) is 5.75 Å². The van der Waals surface area contributed by atoms with Gasteiger partial charge in [-0.2, -0.15) is 0 Å². The number of aliphatic hydroxyl groups is 1. The Labute approximate surface area is 347 Å². The van der Waals surface area contributed by atoms with Crippen LogP contribution in [0.15, 0.2) is 45.4 Å². The molecule has 320 valence electrons. The molecule has 0 spiro atoms. The van der Waals surface area contributed by atoms with Gasteiger partial charge in [0.15, 0.2) is 17.4 Å². The minimum absolute atomic E-state index is 0.0148. The highest BCUT2D eigenvalue weighted by Crippen LogP contribution is 2.32. The van der Waals surface area contributed by atoms with Crippen molar-refractivity contribution in [2.75, 3.05) is 37.4 Å². The van der Waals surface area contributed by atoms with Crippen LogP contribution in [0.2, 0.25) is 0 Å². The third kappa shape index (κ3) is 9.71. The van der Waals surface area contributed by atoms with E-state index in [1.165, 1.54) is 29.4 Å². The normalized spacial score (nSPS) is 11.5. The number of aryl methyl sites for hydroxylation is 4. The van der Waals surface area contributed by atoms with Crippen molar-refractivity contribution in [2.24, 2.45) is 11.5 Å². The van der Waals surface area contributed by atoms with E-state index >= 15 is 0 Å². The van der Waals surface area contributed by atoms with Crippen LogP contribution in [0.5, 0.6) is 5.75 Å². The molecule has 22 nitrogen and oxygen atoms in total. The van der Waals surface area contributed by atoms with Gasteiger partial charge in [0.25, 0.3) is 17.7 Å². The Balaban J connectivity index is 1.35. The van der Waals surface area contributed by atoms with Gasteiger partial charge in [-0.15, -0.1) is 0 Å². The number of amides is 5. The van der Waals surface area contributed by atoms with Crippen LogP contribution in [-0.2, 0) is 30.7 Å². The molecule has 0 aliphatic heterocycles. The molecule has 0 saturated heterocycles. The quantitative estimate of drug-likeness (QED) is 0.0387. The molecular weight excluding hydrogens is 795 g/mol. The average molecular weight is 840 g/mol. The number of primary amides is 2. The number of ether oxygens (including phenoxy) is 1. The second-order valence-corrected chi connectivity index (χ2v) is 13.7. The topological polar surface area (TPSA) is 307 Å². The molecule has 0 aliphatic carbocycles. The standard InChI is InChI=1S/C39H45N13O9/c1-6-24-31(60-20(3)43-24)36(57)47-38-45-26-15-22(33(40)55)17-28(59-14-10-11-50(5)49-29(54)19-53)30(26)51(38)12-8-9-13-52-35-27(16-23(18-42-35)34(41)56)46-39(52)48-37(58)32-25(7-2)44-21(4)61-32/h8-9,15-18,53H,6-7,10-14,19H2,1-5H3,(H2,40,55)(H2,41,56)(H,49,54)(H,45,47,57)(H,46,48,58)/b9-8+. The number of aromatic nitrogens is 7. The zero-order chi connectivity index (χ0) is 44.0. The summed E-state index contributed by atoms with van der Waals surface area (Å²) in [6, 6.07) is 4.42. The van der Waals surface area contributed by atoms with Gasteiger partial charge in [0.2, 0.25) is 35.2 Å². The number of carbonyl (C=O) groups excluding carboxylic acids is 5. The number of nitrogens with one attached hydrogen (secondary N) is 3. The van der Waals surface area contributed by atoms with Crippen molar-refractivity contribution in [1.29, 1.82) is 0 Å². The van der Waals surface area contributed by atoms with E-state index in [2.05, 4.69) is 41.0 Å². The number of rotatable bonds is 19. The summed E-state index contributed by atoms with van der Waals surface area (Å²) >= 11 is 0. The van der Waals surface area contributed by atoms with E-state index in [1.54, 1.807) is 42.2 Å². The molecule has 0 bridgehead atoms. The minimum Gasteiger partial charge on any atom is -0.491 e. The monoisotopic (exact) mass is 839 g/mol. The number of imidazole rings is 2. The Bertz CT molecular complexity index is 2670. The van der Waals surface area contributed by atoms with Crippen LogP contribution in [0.3, 0.4) is 0 Å². The zero-order valence-electron chi connectivity index (χ0n) is 34.1. The molecule has 5 aromatic heterocycles. The van der Waals surface area contributed by atoms with Crippen LogP contribution >= 0.6 is 0 Å². The first-order valence-corrected chi connectivity index (χ1v) is 19.2. The van der Waals surface area contributed by atoms with Gasteiger partial charge < -0.3 is 34.7 Å². The number of anilines is 2. The van der Waals surface area contributed by atoms with E-state index in [0.29, 0.717) is 60.1 Å². The summed E-state index contributed by atoms with van der Waals surface area (Å²) in [5, 5.41) is 16.1. The fraction of sp³-hybridized carbons (Fsp3) is 0.333. The lowest BCUT2D eigenvalue weighted by Gasteiger charge is -2.17. The highest BCUT2D eigenvalue weighted by Gasteiger charge is 2.25. The van der Waals surface area contributed by atoms with Gasteiger partial charge in [-0.3, -0.25) is 44.6 Å². The van der Waals surface area contributed by atoms with Gasteiger partial charge in [-0.05, 0) is 37.5 Å². The number of hydrazine groups is 1. The molecule has 5 heterocycles. The van der Waals surface area contributed by atoms with Gasteiger partial charge in [0.1, 0.15) is 23.4 Å². The molecule has 0 unspecified atom stereocenters. The van der Waals surface area contributed by atoms with Crippen LogP contribution in [0, 0.1) is 13.8 Å². The number of nitrogens with two attached hydrogens (primary N) is 2. The van der Waals surface area contributed by atoms with Crippen LogP contribution in [0.1, 0.15) is 85.3 Å². The third-order valence-corrected chi connectivity index (χ3v) is 9.20. The Morgan fingerprint density at radius 2 is 1.38 bits per heavy atom. The first-order chi connectivity index (χ1) is 29.2. The molecule has 1 aromatic carbocycles. The molecule has 0 atom stereocenters. The van der Waals surface area contributed by atoms with Gasteiger partial charge >= 0.3 is 0 Å². The smallest absolute Gasteiger partial charge is 0.295 e. The molecule has 6 rings (SSSR count). The number of nitrogens with zero attached hydrogens (tertiary/aromatic N) is 8. The molecule has 0 fully saturated rings. The Morgan fingerprint density at radius 3 is 1.95 bits per heavy atom. The number of oxazole rings is 2. The summed E-state index contributed by atoms with van der Waals surface area (Å²) in [6.45, 7) is 6.94. The number of fused-ring (bicyclic) bond motifs is 2. The average Bonchev–Trinajstić information content (AvgIpc) is 3.99. The number of benzene rings is 1. The number of hydrogen-bond acceptors (Lipinski definition) is 15.